The maximum Gasteiger partial charge on any atom is 0.209 e. The summed E-state index contributed by atoms with van der Waals surface area (Å²) < 4.78 is 13.3. The summed E-state index contributed by atoms with van der Waals surface area (Å²) in [7, 11) is 1.59. The molecule has 0 aromatic carbocycles. The summed E-state index contributed by atoms with van der Waals surface area (Å²) in [6.45, 7) is 1.99. The Morgan fingerprint density at radius 2 is 2.33 bits per heavy atom. The van der Waals surface area contributed by atoms with Crippen LogP contribution in [0.3, 0.4) is 0 Å². The third-order valence-electron chi connectivity index (χ3n) is 1.64. The molecule has 6 heteroatoms. The van der Waals surface area contributed by atoms with E-state index in [1.807, 2.05) is 0 Å². The first-order chi connectivity index (χ1) is 5.65. The quantitative estimate of drug-likeness (QED) is 0.688. The number of tetrazole rings is 1. The fourth-order valence-electron chi connectivity index (χ4n) is 0.783. The van der Waals surface area contributed by atoms with Crippen LogP contribution in [0, 0.1) is 5.92 Å². The van der Waals surface area contributed by atoms with Crippen LogP contribution >= 0.6 is 0 Å². The first kappa shape index (κ1) is 9.05. The van der Waals surface area contributed by atoms with Crippen LogP contribution in [0.2, 0.25) is 0 Å². The van der Waals surface area contributed by atoms with Gasteiger partial charge in [0.25, 0.3) is 0 Å². The van der Waals surface area contributed by atoms with E-state index >= 15 is 0 Å². The predicted molar refractivity (Wildman–Crippen MR) is 40.9 cm³/mol. The van der Waals surface area contributed by atoms with Crippen LogP contribution in [0.15, 0.2) is 0 Å². The Morgan fingerprint density at radius 1 is 1.67 bits per heavy atom. The van der Waals surface area contributed by atoms with Crippen molar-refractivity contribution >= 4 is 0 Å². The monoisotopic (exact) mass is 173 g/mol. The largest absolute Gasteiger partial charge is 0.330 e. The second-order valence-electron chi connectivity index (χ2n) is 2.75. The minimum Gasteiger partial charge on any atom is -0.330 e. The van der Waals surface area contributed by atoms with Gasteiger partial charge in [-0.15, -0.1) is 10.2 Å². The molecule has 0 aliphatic rings. The summed E-state index contributed by atoms with van der Waals surface area (Å²) in [6.07, 6.45) is -1.22. The zero-order chi connectivity index (χ0) is 9.14. The molecule has 0 aliphatic carbocycles. The van der Waals surface area contributed by atoms with E-state index in [4.69, 9.17) is 5.73 Å². The molecule has 12 heavy (non-hydrogen) atoms. The van der Waals surface area contributed by atoms with Gasteiger partial charge in [0.15, 0.2) is 6.17 Å². The molecule has 0 radical (unpaired) electrons. The molecule has 2 atom stereocenters. The van der Waals surface area contributed by atoms with E-state index in [2.05, 4.69) is 15.4 Å². The molecule has 2 N–H and O–H groups in total. The molecule has 2 unspecified atom stereocenters. The minimum absolute atomic E-state index is 0.107. The van der Waals surface area contributed by atoms with E-state index in [1.165, 1.54) is 4.80 Å². The van der Waals surface area contributed by atoms with E-state index in [-0.39, 0.29) is 18.3 Å². The maximum atomic E-state index is 13.3. The van der Waals surface area contributed by atoms with Crippen molar-refractivity contribution in [2.45, 2.75) is 13.1 Å². The third-order valence-corrected chi connectivity index (χ3v) is 1.64. The summed E-state index contributed by atoms with van der Waals surface area (Å²) in [5.41, 5.74) is 5.29. The van der Waals surface area contributed by atoms with Crippen molar-refractivity contribution in [3.63, 3.8) is 0 Å². The van der Waals surface area contributed by atoms with Crippen LogP contribution in [0.1, 0.15) is 18.9 Å². The zero-order valence-corrected chi connectivity index (χ0v) is 7.11. The SMILES string of the molecule is CC(CN)C(F)c1nnn(C)n1. The highest BCUT2D eigenvalue weighted by atomic mass is 19.1. The Labute approximate surface area is 69.7 Å². The third kappa shape index (κ3) is 1.76. The molecule has 1 aromatic heterocycles. The topological polar surface area (TPSA) is 69.6 Å². The molecule has 1 aromatic rings. The Hall–Kier alpha value is -1.04. The molecule has 0 saturated carbocycles. The van der Waals surface area contributed by atoms with Crippen LogP contribution in [-0.2, 0) is 7.05 Å². The summed E-state index contributed by atoms with van der Waals surface area (Å²) in [5.74, 6) is -0.162. The summed E-state index contributed by atoms with van der Waals surface area (Å²) in [5, 5.41) is 10.8. The molecule has 0 saturated heterocycles. The van der Waals surface area contributed by atoms with Gasteiger partial charge >= 0.3 is 0 Å². The molecule has 1 rings (SSSR count). The molecule has 0 bridgehead atoms. The first-order valence-electron chi connectivity index (χ1n) is 3.73. The fourth-order valence-corrected chi connectivity index (χ4v) is 0.783. The number of halogens is 1. The van der Waals surface area contributed by atoms with Crippen molar-refractivity contribution in [3.05, 3.63) is 5.82 Å². The Bertz CT molecular complexity index is 248. The lowest BCUT2D eigenvalue weighted by atomic mass is 10.1. The standard InChI is InChI=1S/C6H12FN5/c1-4(3-8)5(7)6-9-11-12(2)10-6/h4-5H,3,8H2,1-2H3. The van der Waals surface area contributed by atoms with Crippen LogP contribution in [-0.4, -0.2) is 26.8 Å². The molecule has 0 fully saturated rings. The van der Waals surface area contributed by atoms with Crippen molar-refractivity contribution in [3.8, 4) is 0 Å². The van der Waals surface area contributed by atoms with Gasteiger partial charge in [0.2, 0.25) is 5.82 Å². The van der Waals surface area contributed by atoms with Gasteiger partial charge in [-0.25, -0.2) is 4.39 Å². The fraction of sp³-hybridized carbons (Fsp3) is 0.833. The van der Waals surface area contributed by atoms with Gasteiger partial charge in [-0.05, 0) is 11.8 Å². The number of aromatic nitrogens is 4. The smallest absolute Gasteiger partial charge is 0.209 e. The van der Waals surface area contributed by atoms with E-state index in [1.54, 1.807) is 14.0 Å². The molecule has 5 nitrogen and oxygen atoms in total. The van der Waals surface area contributed by atoms with Crippen molar-refractivity contribution < 1.29 is 4.39 Å². The Balaban J connectivity index is 2.70. The Morgan fingerprint density at radius 3 is 2.75 bits per heavy atom. The van der Waals surface area contributed by atoms with Gasteiger partial charge in [0.05, 0.1) is 7.05 Å². The predicted octanol–water partition coefficient (Wildman–Crippen LogP) is -0.185. The van der Waals surface area contributed by atoms with Crippen molar-refractivity contribution in [1.29, 1.82) is 0 Å². The van der Waals surface area contributed by atoms with Crippen molar-refractivity contribution in [1.82, 2.24) is 20.2 Å². The highest BCUT2D eigenvalue weighted by Gasteiger charge is 2.21. The number of aryl methyl sites for hydroxylation is 1. The van der Waals surface area contributed by atoms with Gasteiger partial charge in [0.1, 0.15) is 0 Å². The number of nitrogens with two attached hydrogens (primary N) is 1. The summed E-state index contributed by atoms with van der Waals surface area (Å²) in [4.78, 5) is 1.23. The van der Waals surface area contributed by atoms with Gasteiger partial charge in [0, 0.05) is 5.92 Å². The van der Waals surface area contributed by atoms with Crippen LogP contribution in [0.25, 0.3) is 0 Å². The van der Waals surface area contributed by atoms with Crippen molar-refractivity contribution in [2.75, 3.05) is 6.54 Å². The number of alkyl halides is 1. The van der Waals surface area contributed by atoms with Gasteiger partial charge in [-0.3, -0.25) is 0 Å². The average Bonchev–Trinajstić information content (AvgIpc) is 2.49. The summed E-state index contributed by atoms with van der Waals surface area (Å²) in [6, 6.07) is 0. The average molecular weight is 173 g/mol. The molecule has 0 aliphatic heterocycles. The second kappa shape index (κ2) is 3.57. The molecule has 0 spiro atoms. The van der Waals surface area contributed by atoms with E-state index < -0.39 is 6.17 Å². The van der Waals surface area contributed by atoms with Crippen molar-refractivity contribution in [2.24, 2.45) is 18.7 Å². The van der Waals surface area contributed by atoms with Gasteiger partial charge < -0.3 is 5.73 Å². The lowest BCUT2D eigenvalue weighted by molar-refractivity contribution is 0.238. The maximum absolute atomic E-state index is 13.3. The second-order valence-corrected chi connectivity index (χ2v) is 2.75. The molecule has 0 amide bonds. The van der Waals surface area contributed by atoms with Crippen LogP contribution in [0.4, 0.5) is 4.39 Å². The van der Waals surface area contributed by atoms with Gasteiger partial charge in [-0.2, -0.15) is 4.80 Å². The molecule has 68 valence electrons. The Kier molecular flexibility index (Phi) is 2.69. The molecular formula is C6H12FN5. The van der Waals surface area contributed by atoms with E-state index in [0.29, 0.717) is 0 Å². The highest BCUT2D eigenvalue weighted by Crippen LogP contribution is 2.20. The highest BCUT2D eigenvalue weighted by molar-refractivity contribution is 4.87. The molecular weight excluding hydrogens is 161 g/mol. The van der Waals surface area contributed by atoms with E-state index in [0.717, 1.165) is 0 Å². The zero-order valence-electron chi connectivity index (χ0n) is 7.11. The molecule has 1 heterocycles. The lowest BCUT2D eigenvalue weighted by Gasteiger charge is -2.09. The normalized spacial score (nSPS) is 16.0. The van der Waals surface area contributed by atoms with Gasteiger partial charge in [-0.1, -0.05) is 6.92 Å². The number of hydrogen-bond donors (Lipinski definition) is 1. The first-order valence-corrected chi connectivity index (χ1v) is 3.73. The lowest BCUT2D eigenvalue weighted by Crippen LogP contribution is -2.17. The van der Waals surface area contributed by atoms with Crippen LogP contribution < -0.4 is 5.73 Å². The van der Waals surface area contributed by atoms with Crippen LogP contribution in [0.5, 0.6) is 0 Å². The number of hydrogen-bond acceptors (Lipinski definition) is 4. The summed E-state index contributed by atoms with van der Waals surface area (Å²) >= 11 is 0. The minimum atomic E-state index is -1.22. The number of nitrogens with zero attached hydrogens (tertiary/aromatic N) is 4. The number of rotatable bonds is 3. The van der Waals surface area contributed by atoms with E-state index in [9.17, 15) is 4.39 Å².